The standard InChI is InChI=1S/C23H20FIN2O4/c1-29-19-9-5-17(6-10-19)23(28)27-26-13-16-11-20(25)22(21(12-16)30-2)31-14-15-3-7-18(24)8-4-15/h3-13H,14H2,1-2H3,(H,27,28)/b26-13-. The maximum Gasteiger partial charge on any atom is 0.271 e. The molecule has 0 saturated heterocycles. The Morgan fingerprint density at radius 3 is 2.42 bits per heavy atom. The monoisotopic (exact) mass is 534 g/mol. The van der Waals surface area contributed by atoms with Crippen molar-refractivity contribution in [3.05, 3.63) is 86.7 Å². The van der Waals surface area contributed by atoms with Crippen molar-refractivity contribution in [2.75, 3.05) is 14.2 Å². The molecule has 0 atom stereocenters. The molecule has 0 unspecified atom stereocenters. The van der Waals surface area contributed by atoms with E-state index in [4.69, 9.17) is 14.2 Å². The van der Waals surface area contributed by atoms with Gasteiger partial charge in [0.15, 0.2) is 11.5 Å². The maximum absolute atomic E-state index is 13.1. The average Bonchev–Trinajstić information content (AvgIpc) is 2.79. The number of methoxy groups -OCH3 is 2. The number of hydrazone groups is 1. The number of halogens is 2. The molecule has 8 heteroatoms. The summed E-state index contributed by atoms with van der Waals surface area (Å²) in [5.74, 6) is 1.14. The van der Waals surface area contributed by atoms with Gasteiger partial charge in [0, 0.05) is 5.56 Å². The van der Waals surface area contributed by atoms with E-state index in [0.29, 0.717) is 22.8 Å². The minimum atomic E-state index is -0.334. The lowest BCUT2D eigenvalue weighted by molar-refractivity contribution is 0.0955. The molecule has 0 spiro atoms. The van der Waals surface area contributed by atoms with Crippen LogP contribution >= 0.6 is 22.6 Å². The maximum atomic E-state index is 13.1. The van der Waals surface area contributed by atoms with Crippen LogP contribution in [-0.4, -0.2) is 26.3 Å². The highest BCUT2D eigenvalue weighted by atomic mass is 127. The van der Waals surface area contributed by atoms with Gasteiger partial charge in [-0.2, -0.15) is 5.10 Å². The Morgan fingerprint density at radius 1 is 1.06 bits per heavy atom. The van der Waals surface area contributed by atoms with Gasteiger partial charge in [0.05, 0.1) is 24.0 Å². The molecule has 0 saturated carbocycles. The minimum Gasteiger partial charge on any atom is -0.497 e. The summed E-state index contributed by atoms with van der Waals surface area (Å²) in [5.41, 5.74) is 4.53. The molecule has 0 fully saturated rings. The molecule has 1 amide bonds. The van der Waals surface area contributed by atoms with Gasteiger partial charge in [-0.1, -0.05) is 12.1 Å². The van der Waals surface area contributed by atoms with E-state index in [1.165, 1.54) is 18.3 Å². The predicted octanol–water partition coefficient (Wildman–Crippen LogP) is 4.79. The van der Waals surface area contributed by atoms with Crippen LogP contribution in [0.5, 0.6) is 17.2 Å². The van der Waals surface area contributed by atoms with Gasteiger partial charge in [-0.05, 0) is 82.2 Å². The number of hydrogen-bond acceptors (Lipinski definition) is 5. The van der Waals surface area contributed by atoms with E-state index in [0.717, 1.165) is 14.7 Å². The number of carbonyl (C=O) groups is 1. The minimum absolute atomic E-state index is 0.276. The van der Waals surface area contributed by atoms with Crippen molar-refractivity contribution in [3.63, 3.8) is 0 Å². The van der Waals surface area contributed by atoms with Crippen LogP contribution in [0.2, 0.25) is 0 Å². The summed E-state index contributed by atoms with van der Waals surface area (Å²) in [6.45, 7) is 0.276. The molecule has 3 aromatic carbocycles. The molecule has 3 aromatic rings. The second-order valence-corrected chi connectivity index (χ2v) is 7.54. The number of nitrogens with zero attached hydrogens (tertiary/aromatic N) is 1. The van der Waals surface area contributed by atoms with Crippen LogP contribution in [-0.2, 0) is 6.61 Å². The van der Waals surface area contributed by atoms with Crippen molar-refractivity contribution >= 4 is 34.7 Å². The first kappa shape index (κ1) is 22.5. The van der Waals surface area contributed by atoms with Crippen molar-refractivity contribution in [1.29, 1.82) is 0 Å². The number of rotatable bonds is 8. The third-order valence-corrected chi connectivity index (χ3v) is 5.08. The lowest BCUT2D eigenvalue weighted by Gasteiger charge is -2.13. The second kappa shape index (κ2) is 10.8. The zero-order chi connectivity index (χ0) is 22.2. The topological polar surface area (TPSA) is 69.2 Å². The number of ether oxygens (including phenoxy) is 3. The Labute approximate surface area is 193 Å². The van der Waals surface area contributed by atoms with Crippen molar-refractivity contribution in [2.24, 2.45) is 5.10 Å². The predicted molar refractivity (Wildman–Crippen MR) is 124 cm³/mol. The fourth-order valence-corrected chi connectivity index (χ4v) is 3.44. The SMILES string of the molecule is COc1ccc(C(=O)N/N=C\c2cc(I)c(OCc3ccc(F)cc3)c(OC)c2)cc1. The first-order valence-corrected chi connectivity index (χ1v) is 10.3. The number of benzene rings is 3. The molecular formula is C23H20FIN2O4. The molecule has 160 valence electrons. The Morgan fingerprint density at radius 2 is 1.77 bits per heavy atom. The van der Waals surface area contributed by atoms with Crippen LogP contribution in [0.4, 0.5) is 4.39 Å². The van der Waals surface area contributed by atoms with E-state index in [1.54, 1.807) is 56.7 Å². The number of nitrogens with one attached hydrogen (secondary N) is 1. The fourth-order valence-electron chi connectivity index (χ4n) is 2.66. The molecular weight excluding hydrogens is 514 g/mol. The zero-order valence-electron chi connectivity index (χ0n) is 16.9. The molecule has 0 aliphatic heterocycles. The summed E-state index contributed by atoms with van der Waals surface area (Å²) < 4.78 is 30.3. The highest BCUT2D eigenvalue weighted by Crippen LogP contribution is 2.34. The van der Waals surface area contributed by atoms with Crippen LogP contribution in [0.15, 0.2) is 65.8 Å². The van der Waals surface area contributed by atoms with Gasteiger partial charge in [-0.15, -0.1) is 0 Å². The molecule has 0 heterocycles. The molecule has 3 rings (SSSR count). The quantitative estimate of drug-likeness (QED) is 0.257. The Hall–Kier alpha value is -3.14. The van der Waals surface area contributed by atoms with Crippen LogP contribution in [0.3, 0.4) is 0 Å². The van der Waals surface area contributed by atoms with E-state index in [-0.39, 0.29) is 18.3 Å². The second-order valence-electron chi connectivity index (χ2n) is 6.38. The summed E-state index contributed by atoms with van der Waals surface area (Å²) in [5, 5.41) is 4.02. The van der Waals surface area contributed by atoms with E-state index in [2.05, 4.69) is 33.1 Å². The summed E-state index contributed by atoms with van der Waals surface area (Å²) in [7, 11) is 3.11. The normalized spacial score (nSPS) is 10.7. The molecule has 0 bridgehead atoms. The largest absolute Gasteiger partial charge is 0.497 e. The average molecular weight is 534 g/mol. The van der Waals surface area contributed by atoms with Gasteiger partial charge >= 0.3 is 0 Å². The van der Waals surface area contributed by atoms with Crippen molar-refractivity contribution in [3.8, 4) is 17.2 Å². The Bertz CT molecular complexity index is 1070. The molecule has 0 radical (unpaired) electrons. The first-order chi connectivity index (χ1) is 15.0. The van der Waals surface area contributed by atoms with E-state index in [9.17, 15) is 9.18 Å². The highest BCUT2D eigenvalue weighted by Gasteiger charge is 2.12. The number of carbonyl (C=O) groups excluding carboxylic acids is 1. The molecule has 0 aromatic heterocycles. The summed E-state index contributed by atoms with van der Waals surface area (Å²) in [6, 6.07) is 16.4. The van der Waals surface area contributed by atoms with Gasteiger partial charge in [0.2, 0.25) is 0 Å². The Balaban J connectivity index is 1.66. The molecule has 6 nitrogen and oxygen atoms in total. The van der Waals surface area contributed by atoms with Crippen LogP contribution in [0, 0.1) is 9.39 Å². The lowest BCUT2D eigenvalue weighted by Crippen LogP contribution is -2.17. The zero-order valence-corrected chi connectivity index (χ0v) is 19.1. The first-order valence-electron chi connectivity index (χ1n) is 9.22. The summed E-state index contributed by atoms with van der Waals surface area (Å²) >= 11 is 2.14. The molecule has 1 N–H and O–H groups in total. The molecule has 31 heavy (non-hydrogen) atoms. The third-order valence-electron chi connectivity index (χ3n) is 4.28. The lowest BCUT2D eigenvalue weighted by atomic mass is 10.2. The van der Waals surface area contributed by atoms with Crippen molar-refractivity contribution in [2.45, 2.75) is 6.61 Å². The smallest absolute Gasteiger partial charge is 0.271 e. The van der Waals surface area contributed by atoms with Crippen molar-refractivity contribution < 1.29 is 23.4 Å². The van der Waals surface area contributed by atoms with Gasteiger partial charge < -0.3 is 14.2 Å². The summed E-state index contributed by atoms with van der Waals surface area (Å²) in [6.07, 6.45) is 1.52. The van der Waals surface area contributed by atoms with Crippen LogP contribution in [0.25, 0.3) is 0 Å². The van der Waals surface area contributed by atoms with E-state index in [1.807, 2.05) is 6.07 Å². The molecule has 0 aliphatic carbocycles. The molecule has 0 aliphatic rings. The van der Waals surface area contributed by atoms with E-state index >= 15 is 0 Å². The third kappa shape index (κ3) is 6.17. The fraction of sp³-hybridized carbons (Fsp3) is 0.130. The van der Waals surface area contributed by atoms with Crippen LogP contribution in [0.1, 0.15) is 21.5 Å². The van der Waals surface area contributed by atoms with Gasteiger partial charge in [-0.25, -0.2) is 9.82 Å². The van der Waals surface area contributed by atoms with Gasteiger partial charge in [0.1, 0.15) is 18.2 Å². The summed E-state index contributed by atoms with van der Waals surface area (Å²) in [4.78, 5) is 12.2. The Kier molecular flexibility index (Phi) is 7.82. The number of amides is 1. The highest BCUT2D eigenvalue weighted by molar-refractivity contribution is 14.1. The van der Waals surface area contributed by atoms with Crippen LogP contribution < -0.4 is 19.6 Å². The number of hydrogen-bond donors (Lipinski definition) is 1. The van der Waals surface area contributed by atoms with Crippen molar-refractivity contribution in [1.82, 2.24) is 5.43 Å². The van der Waals surface area contributed by atoms with E-state index < -0.39 is 0 Å². The van der Waals surface area contributed by atoms with Gasteiger partial charge in [-0.3, -0.25) is 4.79 Å². The van der Waals surface area contributed by atoms with Gasteiger partial charge in [0.25, 0.3) is 5.91 Å².